The van der Waals surface area contributed by atoms with Crippen LogP contribution in [0.2, 0.25) is 10.0 Å². The number of hydrogen-bond donors (Lipinski definition) is 1. The highest BCUT2D eigenvalue weighted by molar-refractivity contribution is 6.36. The molecule has 2 unspecified atom stereocenters. The quantitative estimate of drug-likeness (QED) is 0.894. The third-order valence-electron chi connectivity index (χ3n) is 4.57. The maximum atomic E-state index is 12.5. The third-order valence-corrected chi connectivity index (χ3v) is 5.05. The lowest BCUT2D eigenvalue weighted by atomic mass is 10.0. The maximum Gasteiger partial charge on any atom is 0.227 e. The van der Waals surface area contributed by atoms with E-state index in [1.807, 2.05) is 4.90 Å². The van der Waals surface area contributed by atoms with E-state index in [1.165, 1.54) is 0 Å². The second-order valence-corrected chi connectivity index (χ2v) is 6.82. The van der Waals surface area contributed by atoms with Gasteiger partial charge in [-0.25, -0.2) is 4.98 Å². The molecular formula is C15H20Cl2N4O. The number of rotatable bonds is 2. The Kier molecular flexibility index (Phi) is 4.76. The lowest BCUT2D eigenvalue weighted by Gasteiger charge is -2.37. The molecule has 2 aliphatic rings. The molecule has 1 saturated heterocycles. The van der Waals surface area contributed by atoms with E-state index in [2.05, 4.69) is 9.88 Å². The molecule has 22 heavy (non-hydrogen) atoms. The fourth-order valence-corrected chi connectivity index (χ4v) is 3.81. The molecular weight excluding hydrogens is 323 g/mol. The number of nitrogens with two attached hydrogens (primary N) is 1. The molecule has 3 rings (SSSR count). The van der Waals surface area contributed by atoms with Crippen molar-refractivity contribution in [1.29, 1.82) is 0 Å². The number of halogens is 2. The first-order valence-electron chi connectivity index (χ1n) is 7.66. The molecule has 1 amide bonds. The lowest BCUT2D eigenvalue weighted by molar-refractivity contribution is -0.136. The van der Waals surface area contributed by atoms with Crippen LogP contribution in [0.3, 0.4) is 0 Å². The van der Waals surface area contributed by atoms with Gasteiger partial charge in [0.1, 0.15) is 5.82 Å². The first-order valence-corrected chi connectivity index (χ1v) is 8.42. The lowest BCUT2D eigenvalue weighted by Crippen LogP contribution is -2.52. The Morgan fingerprint density at radius 2 is 1.95 bits per heavy atom. The normalized spacial score (nSPS) is 25.6. The number of anilines is 1. The Hall–Kier alpha value is -1.04. The van der Waals surface area contributed by atoms with Crippen molar-refractivity contribution in [3.05, 3.63) is 22.3 Å². The van der Waals surface area contributed by atoms with Crippen LogP contribution in [0.4, 0.5) is 5.82 Å². The van der Waals surface area contributed by atoms with Gasteiger partial charge < -0.3 is 15.5 Å². The van der Waals surface area contributed by atoms with Crippen LogP contribution in [0.1, 0.15) is 19.3 Å². The Morgan fingerprint density at radius 3 is 2.55 bits per heavy atom. The molecule has 1 saturated carbocycles. The predicted molar refractivity (Wildman–Crippen MR) is 88.4 cm³/mol. The SMILES string of the molecule is NC1CCCC1C(=O)N1CCN(c2ncc(Cl)cc2Cl)CC1. The van der Waals surface area contributed by atoms with Crippen LogP contribution < -0.4 is 10.6 Å². The Morgan fingerprint density at radius 1 is 1.23 bits per heavy atom. The number of aromatic nitrogens is 1. The van der Waals surface area contributed by atoms with Crippen LogP contribution in [0.25, 0.3) is 0 Å². The molecule has 2 fully saturated rings. The molecule has 1 aliphatic heterocycles. The number of piperazine rings is 1. The summed E-state index contributed by atoms with van der Waals surface area (Å²) in [6.45, 7) is 2.81. The average Bonchev–Trinajstić information content (AvgIpc) is 2.93. The summed E-state index contributed by atoms with van der Waals surface area (Å²) in [6.07, 6.45) is 4.53. The van der Waals surface area contributed by atoms with E-state index in [9.17, 15) is 4.79 Å². The van der Waals surface area contributed by atoms with Crippen molar-refractivity contribution in [2.45, 2.75) is 25.3 Å². The highest BCUT2D eigenvalue weighted by atomic mass is 35.5. The van der Waals surface area contributed by atoms with Crippen LogP contribution in [0.5, 0.6) is 0 Å². The van der Waals surface area contributed by atoms with E-state index in [0.29, 0.717) is 23.1 Å². The van der Waals surface area contributed by atoms with Gasteiger partial charge in [0.15, 0.2) is 0 Å². The van der Waals surface area contributed by atoms with Gasteiger partial charge in [-0.1, -0.05) is 29.6 Å². The molecule has 0 aromatic carbocycles. The number of hydrogen-bond acceptors (Lipinski definition) is 4. The Balaban J connectivity index is 1.61. The number of carbonyl (C=O) groups excluding carboxylic acids is 1. The van der Waals surface area contributed by atoms with E-state index >= 15 is 0 Å². The molecule has 0 bridgehead atoms. The predicted octanol–water partition coefficient (Wildman–Crippen LogP) is 2.16. The van der Waals surface area contributed by atoms with Gasteiger partial charge in [-0.05, 0) is 18.9 Å². The summed E-state index contributed by atoms with van der Waals surface area (Å²) in [5, 5.41) is 1.07. The third kappa shape index (κ3) is 3.16. The molecule has 1 aromatic heterocycles. The highest BCUT2D eigenvalue weighted by Crippen LogP contribution is 2.29. The fourth-order valence-electron chi connectivity index (χ4n) is 3.31. The van der Waals surface area contributed by atoms with Gasteiger partial charge in [0, 0.05) is 38.4 Å². The van der Waals surface area contributed by atoms with Crippen LogP contribution >= 0.6 is 23.2 Å². The summed E-state index contributed by atoms with van der Waals surface area (Å²) in [7, 11) is 0. The van der Waals surface area contributed by atoms with Gasteiger partial charge in [-0.3, -0.25) is 4.79 Å². The molecule has 2 atom stereocenters. The van der Waals surface area contributed by atoms with Gasteiger partial charge in [0.2, 0.25) is 5.91 Å². The van der Waals surface area contributed by atoms with Crippen molar-refractivity contribution >= 4 is 34.9 Å². The van der Waals surface area contributed by atoms with E-state index in [0.717, 1.165) is 38.2 Å². The minimum Gasteiger partial charge on any atom is -0.352 e. The fraction of sp³-hybridized carbons (Fsp3) is 0.600. The summed E-state index contributed by atoms with van der Waals surface area (Å²) in [5.74, 6) is 0.944. The number of pyridine rings is 1. The highest BCUT2D eigenvalue weighted by Gasteiger charge is 2.34. The van der Waals surface area contributed by atoms with Gasteiger partial charge in [0.05, 0.1) is 16.0 Å². The summed E-state index contributed by atoms with van der Waals surface area (Å²) in [4.78, 5) is 20.9. The molecule has 2 heterocycles. The second kappa shape index (κ2) is 6.60. The zero-order valence-electron chi connectivity index (χ0n) is 12.3. The number of amides is 1. The monoisotopic (exact) mass is 342 g/mol. The molecule has 1 aromatic rings. The van der Waals surface area contributed by atoms with E-state index in [1.54, 1.807) is 12.3 Å². The van der Waals surface area contributed by atoms with E-state index in [4.69, 9.17) is 28.9 Å². The van der Waals surface area contributed by atoms with Gasteiger partial charge in [-0.15, -0.1) is 0 Å². The van der Waals surface area contributed by atoms with E-state index in [-0.39, 0.29) is 17.9 Å². The zero-order chi connectivity index (χ0) is 15.7. The Bertz CT molecular complexity index is 560. The summed E-state index contributed by atoms with van der Waals surface area (Å²) in [5.41, 5.74) is 6.04. The van der Waals surface area contributed by atoms with Crippen molar-refractivity contribution in [3.63, 3.8) is 0 Å². The first-order chi connectivity index (χ1) is 10.6. The van der Waals surface area contributed by atoms with Crippen LogP contribution in [-0.4, -0.2) is 48.0 Å². The van der Waals surface area contributed by atoms with Gasteiger partial charge >= 0.3 is 0 Å². The molecule has 0 spiro atoms. The molecule has 7 heteroatoms. The topological polar surface area (TPSA) is 62.5 Å². The average molecular weight is 343 g/mol. The van der Waals surface area contributed by atoms with Crippen molar-refractivity contribution in [2.75, 3.05) is 31.1 Å². The summed E-state index contributed by atoms with van der Waals surface area (Å²) in [6, 6.07) is 1.72. The summed E-state index contributed by atoms with van der Waals surface area (Å²) >= 11 is 12.1. The van der Waals surface area contributed by atoms with Crippen molar-refractivity contribution in [1.82, 2.24) is 9.88 Å². The van der Waals surface area contributed by atoms with Gasteiger partial charge in [-0.2, -0.15) is 0 Å². The molecule has 5 nitrogen and oxygen atoms in total. The smallest absolute Gasteiger partial charge is 0.227 e. The maximum absolute atomic E-state index is 12.5. The van der Waals surface area contributed by atoms with Crippen molar-refractivity contribution < 1.29 is 4.79 Å². The molecule has 2 N–H and O–H groups in total. The van der Waals surface area contributed by atoms with Crippen molar-refractivity contribution in [3.8, 4) is 0 Å². The zero-order valence-corrected chi connectivity index (χ0v) is 13.9. The second-order valence-electron chi connectivity index (χ2n) is 5.97. The van der Waals surface area contributed by atoms with Gasteiger partial charge in [0.25, 0.3) is 0 Å². The Labute approximate surface area is 140 Å². The molecule has 1 aliphatic carbocycles. The minimum absolute atomic E-state index is 0.00351. The van der Waals surface area contributed by atoms with Crippen LogP contribution in [0.15, 0.2) is 12.3 Å². The molecule has 120 valence electrons. The molecule has 0 radical (unpaired) electrons. The number of carbonyl (C=O) groups is 1. The van der Waals surface area contributed by atoms with Crippen LogP contribution in [-0.2, 0) is 4.79 Å². The first kappa shape index (κ1) is 15.8. The number of nitrogens with zero attached hydrogens (tertiary/aromatic N) is 3. The largest absolute Gasteiger partial charge is 0.352 e. The van der Waals surface area contributed by atoms with E-state index < -0.39 is 0 Å². The van der Waals surface area contributed by atoms with Crippen LogP contribution in [0, 0.1) is 5.92 Å². The summed E-state index contributed by atoms with van der Waals surface area (Å²) < 4.78 is 0. The van der Waals surface area contributed by atoms with Crippen molar-refractivity contribution in [2.24, 2.45) is 11.7 Å². The standard InChI is InChI=1S/C15H20Cl2N4O/c16-10-8-12(17)14(19-9-10)20-4-6-21(7-5-20)15(22)11-2-1-3-13(11)18/h8-9,11,13H,1-7,18H2. The minimum atomic E-state index is 0.00351.